The number of nitrogens with one attached hydrogen (secondary N) is 1. The van der Waals surface area contributed by atoms with Gasteiger partial charge in [-0.1, -0.05) is 73.4 Å². The largest absolute Gasteiger partial charge is 0.357 e. The number of hydrogen-bond acceptors (Lipinski definition) is 4. The van der Waals surface area contributed by atoms with Crippen LogP contribution in [0.1, 0.15) is 35.7 Å². The van der Waals surface area contributed by atoms with Crippen LogP contribution in [-0.4, -0.2) is 39.8 Å². The Bertz CT molecular complexity index is 847. The molecule has 0 aromatic heterocycles. The maximum Gasteiger partial charge on any atom is 0.234 e. The van der Waals surface area contributed by atoms with Gasteiger partial charge in [-0.3, -0.25) is 9.59 Å². The molecule has 0 aliphatic carbocycles. The second kappa shape index (κ2) is 9.85. The highest BCUT2D eigenvalue weighted by atomic mass is 32.2. The fraction of sp³-hybridized carbons (Fsp3) is 0.318. The van der Waals surface area contributed by atoms with Gasteiger partial charge in [-0.15, -0.1) is 0 Å². The fourth-order valence-corrected chi connectivity index (χ4v) is 4.18. The lowest BCUT2D eigenvalue weighted by Gasteiger charge is -2.31. The quantitative estimate of drug-likeness (QED) is 0.574. The molecule has 3 rings (SSSR count). The van der Waals surface area contributed by atoms with Crippen LogP contribution in [0.4, 0.5) is 5.69 Å². The van der Waals surface area contributed by atoms with E-state index in [4.69, 9.17) is 12.2 Å². The fourth-order valence-electron chi connectivity index (χ4n) is 3.13. The van der Waals surface area contributed by atoms with Crippen molar-refractivity contribution < 1.29 is 9.59 Å². The number of hydrogen-bond donors (Lipinski definition) is 1. The topological polar surface area (TPSA) is 49.4 Å². The average molecular weight is 413 g/mol. The highest BCUT2D eigenvalue weighted by Crippen LogP contribution is 2.22. The Balaban J connectivity index is 1.59. The molecule has 0 bridgehead atoms. The predicted molar refractivity (Wildman–Crippen MR) is 120 cm³/mol. The van der Waals surface area contributed by atoms with Gasteiger partial charge in [0.15, 0.2) is 5.78 Å². The van der Waals surface area contributed by atoms with Gasteiger partial charge in [-0.05, 0) is 30.9 Å². The van der Waals surface area contributed by atoms with E-state index in [-0.39, 0.29) is 17.4 Å². The Morgan fingerprint density at radius 2 is 1.71 bits per heavy atom. The van der Waals surface area contributed by atoms with Gasteiger partial charge in [0.1, 0.15) is 4.32 Å². The summed E-state index contributed by atoms with van der Waals surface area (Å²) in [5.74, 6) is 0.706. The molecule has 2 aromatic rings. The number of rotatable bonds is 5. The van der Waals surface area contributed by atoms with Crippen molar-refractivity contribution in [1.29, 1.82) is 0 Å². The van der Waals surface area contributed by atoms with Crippen molar-refractivity contribution in [2.45, 2.75) is 19.8 Å². The first-order valence-corrected chi connectivity index (χ1v) is 10.8. The van der Waals surface area contributed by atoms with Gasteiger partial charge in [0.05, 0.1) is 11.4 Å². The summed E-state index contributed by atoms with van der Waals surface area (Å²) in [6.07, 6.45) is 2.28. The van der Waals surface area contributed by atoms with Gasteiger partial charge in [0, 0.05) is 24.2 Å². The highest BCUT2D eigenvalue weighted by molar-refractivity contribution is 8.23. The van der Waals surface area contributed by atoms with E-state index in [2.05, 4.69) is 17.1 Å². The van der Waals surface area contributed by atoms with Crippen LogP contribution in [0, 0.1) is 5.92 Å². The first-order chi connectivity index (χ1) is 13.5. The predicted octanol–water partition coefficient (Wildman–Crippen LogP) is 4.61. The van der Waals surface area contributed by atoms with Gasteiger partial charge in [0.2, 0.25) is 5.91 Å². The maximum absolute atomic E-state index is 12.8. The van der Waals surface area contributed by atoms with Crippen molar-refractivity contribution in [3.8, 4) is 0 Å². The Morgan fingerprint density at radius 1 is 1.07 bits per heavy atom. The molecule has 6 heteroatoms. The number of carbonyl (C=O) groups is 2. The summed E-state index contributed by atoms with van der Waals surface area (Å²) in [5.41, 5.74) is 1.61. The molecule has 1 aliphatic heterocycles. The van der Waals surface area contributed by atoms with E-state index in [1.54, 1.807) is 30.3 Å². The average Bonchev–Trinajstić information content (AvgIpc) is 2.73. The summed E-state index contributed by atoms with van der Waals surface area (Å²) >= 11 is 6.86. The van der Waals surface area contributed by atoms with E-state index < -0.39 is 0 Å². The molecule has 0 radical (unpaired) electrons. The third kappa shape index (κ3) is 5.42. The molecule has 146 valence electrons. The number of benzene rings is 2. The number of amides is 1. The van der Waals surface area contributed by atoms with Crippen LogP contribution in [-0.2, 0) is 4.79 Å². The summed E-state index contributed by atoms with van der Waals surface area (Å²) in [5, 5.41) is 2.87. The first-order valence-electron chi connectivity index (χ1n) is 9.45. The molecule has 4 nitrogen and oxygen atoms in total. The molecular formula is C22H24N2O2S2. The van der Waals surface area contributed by atoms with Crippen LogP contribution in [0.15, 0.2) is 54.6 Å². The SMILES string of the molecule is CC1CCN(C(=S)SCC(=O)Nc2ccccc2C(=O)c2ccccc2)CC1. The van der Waals surface area contributed by atoms with Crippen LogP contribution >= 0.6 is 24.0 Å². The van der Waals surface area contributed by atoms with Gasteiger partial charge < -0.3 is 10.2 Å². The minimum atomic E-state index is -0.161. The number of para-hydroxylation sites is 1. The van der Waals surface area contributed by atoms with Crippen molar-refractivity contribution >= 4 is 45.7 Å². The first kappa shape index (κ1) is 20.6. The van der Waals surface area contributed by atoms with Crippen LogP contribution in [0.5, 0.6) is 0 Å². The zero-order valence-electron chi connectivity index (χ0n) is 15.9. The molecule has 1 heterocycles. The molecule has 2 aromatic carbocycles. The minimum Gasteiger partial charge on any atom is -0.357 e. The number of nitrogens with zero attached hydrogens (tertiary/aromatic N) is 1. The number of carbonyl (C=O) groups excluding carboxylic acids is 2. The van der Waals surface area contributed by atoms with Crippen LogP contribution in [0.25, 0.3) is 0 Å². The van der Waals surface area contributed by atoms with E-state index in [9.17, 15) is 9.59 Å². The van der Waals surface area contributed by atoms with Gasteiger partial charge >= 0.3 is 0 Å². The molecule has 0 unspecified atom stereocenters. The second-order valence-electron chi connectivity index (χ2n) is 7.01. The van der Waals surface area contributed by atoms with Gasteiger partial charge in [-0.25, -0.2) is 0 Å². The molecule has 0 saturated carbocycles. The maximum atomic E-state index is 12.8. The molecule has 0 spiro atoms. The normalized spacial score (nSPS) is 14.5. The lowest BCUT2D eigenvalue weighted by Crippen LogP contribution is -2.36. The smallest absolute Gasteiger partial charge is 0.234 e. The van der Waals surface area contributed by atoms with E-state index in [0.29, 0.717) is 16.8 Å². The van der Waals surface area contributed by atoms with Crippen molar-refractivity contribution in [1.82, 2.24) is 4.90 Å². The number of thiocarbonyl (C=S) groups is 1. The molecular weight excluding hydrogens is 388 g/mol. The molecule has 1 fully saturated rings. The van der Waals surface area contributed by atoms with E-state index >= 15 is 0 Å². The number of piperidine rings is 1. The monoisotopic (exact) mass is 412 g/mol. The van der Waals surface area contributed by atoms with Crippen molar-refractivity contribution in [3.63, 3.8) is 0 Å². The molecule has 1 amide bonds. The van der Waals surface area contributed by atoms with Crippen molar-refractivity contribution in [2.75, 3.05) is 24.2 Å². The van der Waals surface area contributed by atoms with Crippen molar-refractivity contribution in [3.05, 3.63) is 65.7 Å². The molecule has 1 saturated heterocycles. The number of likely N-dealkylation sites (tertiary alicyclic amines) is 1. The summed E-state index contributed by atoms with van der Waals surface area (Å²) in [6.45, 7) is 4.18. The number of ketones is 1. The summed E-state index contributed by atoms with van der Waals surface area (Å²) in [6, 6.07) is 16.2. The molecule has 1 aliphatic rings. The van der Waals surface area contributed by atoms with Gasteiger partial charge in [-0.2, -0.15) is 0 Å². The summed E-state index contributed by atoms with van der Waals surface area (Å²) in [4.78, 5) is 27.4. The highest BCUT2D eigenvalue weighted by Gasteiger charge is 2.19. The molecule has 1 N–H and O–H groups in total. The number of thioether (sulfide) groups is 1. The Hall–Kier alpha value is -2.18. The van der Waals surface area contributed by atoms with Crippen LogP contribution < -0.4 is 5.32 Å². The van der Waals surface area contributed by atoms with E-state index in [1.807, 2.05) is 24.3 Å². The molecule has 28 heavy (non-hydrogen) atoms. The second-order valence-corrected chi connectivity index (χ2v) is 8.62. The summed E-state index contributed by atoms with van der Waals surface area (Å²) < 4.78 is 0.774. The van der Waals surface area contributed by atoms with Crippen LogP contribution in [0.2, 0.25) is 0 Å². The molecule has 0 atom stereocenters. The van der Waals surface area contributed by atoms with Crippen molar-refractivity contribution in [2.24, 2.45) is 5.92 Å². The summed E-state index contributed by atoms with van der Waals surface area (Å²) in [7, 11) is 0. The van der Waals surface area contributed by atoms with Gasteiger partial charge in [0.25, 0.3) is 0 Å². The van der Waals surface area contributed by atoms with E-state index in [1.165, 1.54) is 11.8 Å². The zero-order chi connectivity index (χ0) is 19.9. The van der Waals surface area contributed by atoms with Crippen LogP contribution in [0.3, 0.4) is 0 Å². The zero-order valence-corrected chi connectivity index (χ0v) is 17.5. The Kier molecular flexibility index (Phi) is 7.23. The minimum absolute atomic E-state index is 0.109. The Labute approximate surface area is 175 Å². The van der Waals surface area contributed by atoms with E-state index in [0.717, 1.165) is 36.2 Å². The third-order valence-corrected chi connectivity index (χ3v) is 6.37. The third-order valence-electron chi connectivity index (χ3n) is 4.85. The standard InChI is InChI=1S/C22H24N2O2S2/c1-16-11-13-24(14-12-16)22(27)28-15-20(25)23-19-10-6-5-9-18(19)21(26)17-7-3-2-4-8-17/h2-10,16H,11-15H2,1H3,(H,23,25). The lowest BCUT2D eigenvalue weighted by molar-refractivity contribution is -0.113. The number of anilines is 1. The lowest BCUT2D eigenvalue weighted by atomic mass is 10.00. The Morgan fingerprint density at radius 3 is 2.43 bits per heavy atom.